The average Bonchev–Trinajstić information content (AvgIpc) is 1.89. The highest BCUT2D eigenvalue weighted by molar-refractivity contribution is 5.77. The maximum Gasteiger partial charge on any atom is 0.223 e. The van der Waals surface area contributed by atoms with Crippen molar-refractivity contribution in [3.8, 4) is 0 Å². The molecule has 0 spiro atoms. The van der Waals surface area contributed by atoms with Crippen molar-refractivity contribution in [3.05, 3.63) is 12.7 Å². The van der Waals surface area contributed by atoms with Gasteiger partial charge in [-0.15, -0.1) is 6.58 Å². The fraction of sp³-hybridized carbons (Fsp3) is 0.571. The second-order valence-corrected chi connectivity index (χ2v) is 1.98. The molecule has 0 aromatic carbocycles. The minimum absolute atomic E-state index is 0.0171. The Balaban J connectivity index is 3.13. The first-order valence-electron chi connectivity index (χ1n) is 3.39. The number of carbonyl (C=O) groups is 1. The lowest BCUT2D eigenvalue weighted by molar-refractivity contribution is -0.120. The molecule has 0 unspecified atom stereocenters. The van der Waals surface area contributed by atoms with E-state index in [0.717, 1.165) is 6.42 Å². The predicted octanol–water partition coefficient (Wildman–Crippen LogP) is 0.0275. The summed E-state index contributed by atoms with van der Waals surface area (Å²) in [6, 6.07) is 0. The molecule has 0 aliphatic rings. The van der Waals surface area contributed by atoms with Crippen molar-refractivity contribution in [1.82, 2.24) is 5.32 Å². The molecule has 0 aliphatic heterocycles. The van der Waals surface area contributed by atoms with Crippen LogP contribution >= 0.6 is 0 Å². The molecule has 58 valence electrons. The summed E-state index contributed by atoms with van der Waals surface area (Å²) in [7, 11) is 0. The van der Waals surface area contributed by atoms with E-state index in [0.29, 0.717) is 19.5 Å². The molecule has 10 heavy (non-hydrogen) atoms. The fourth-order valence-corrected chi connectivity index (χ4v) is 0.533. The van der Waals surface area contributed by atoms with Crippen molar-refractivity contribution < 1.29 is 4.79 Å². The van der Waals surface area contributed by atoms with E-state index in [4.69, 9.17) is 5.73 Å². The number of rotatable bonds is 5. The zero-order chi connectivity index (χ0) is 7.82. The van der Waals surface area contributed by atoms with Crippen LogP contribution in [0.15, 0.2) is 12.7 Å². The van der Waals surface area contributed by atoms with Crippen LogP contribution in [0.25, 0.3) is 0 Å². The summed E-state index contributed by atoms with van der Waals surface area (Å²) >= 11 is 0. The minimum Gasteiger partial charge on any atom is -0.356 e. The molecule has 0 bridgehead atoms. The van der Waals surface area contributed by atoms with Gasteiger partial charge in [-0.05, 0) is 13.0 Å². The number of amides is 1. The van der Waals surface area contributed by atoms with Crippen LogP contribution in [-0.4, -0.2) is 19.0 Å². The van der Waals surface area contributed by atoms with E-state index in [9.17, 15) is 4.79 Å². The van der Waals surface area contributed by atoms with Crippen LogP contribution in [0.5, 0.6) is 0 Å². The smallest absolute Gasteiger partial charge is 0.223 e. The molecular weight excluding hydrogens is 128 g/mol. The molecule has 0 aromatic rings. The second-order valence-electron chi connectivity index (χ2n) is 1.98. The van der Waals surface area contributed by atoms with E-state index >= 15 is 0 Å². The van der Waals surface area contributed by atoms with Gasteiger partial charge in [0.1, 0.15) is 0 Å². The normalized spacial score (nSPS) is 8.90. The van der Waals surface area contributed by atoms with Crippen molar-refractivity contribution in [2.24, 2.45) is 5.73 Å². The van der Waals surface area contributed by atoms with E-state index in [-0.39, 0.29) is 5.91 Å². The molecule has 1 amide bonds. The molecule has 0 radical (unpaired) electrons. The Morgan fingerprint density at radius 3 is 2.90 bits per heavy atom. The lowest BCUT2D eigenvalue weighted by Crippen LogP contribution is -2.24. The van der Waals surface area contributed by atoms with Gasteiger partial charge in [-0.25, -0.2) is 0 Å². The zero-order valence-electron chi connectivity index (χ0n) is 6.10. The van der Waals surface area contributed by atoms with Crippen molar-refractivity contribution in [3.63, 3.8) is 0 Å². The van der Waals surface area contributed by atoms with Crippen molar-refractivity contribution in [2.75, 3.05) is 13.1 Å². The Bertz CT molecular complexity index is 112. The van der Waals surface area contributed by atoms with E-state index < -0.39 is 0 Å². The summed E-state index contributed by atoms with van der Waals surface area (Å²) in [5.41, 5.74) is 5.22. The Kier molecular flexibility index (Phi) is 5.77. The molecule has 0 fully saturated rings. The highest BCUT2D eigenvalue weighted by Crippen LogP contribution is 1.79. The summed E-state index contributed by atoms with van der Waals surface area (Å²) in [5, 5.41) is 2.69. The SMILES string of the molecule is C=CCC(=O)NCCCN. The van der Waals surface area contributed by atoms with Crippen LogP contribution in [0, 0.1) is 0 Å². The number of hydrogen-bond donors (Lipinski definition) is 2. The quantitative estimate of drug-likeness (QED) is 0.420. The minimum atomic E-state index is 0.0171. The maximum absolute atomic E-state index is 10.7. The molecular formula is C7H14N2O. The van der Waals surface area contributed by atoms with Crippen LogP contribution in [0.4, 0.5) is 0 Å². The third-order valence-corrected chi connectivity index (χ3v) is 1.03. The van der Waals surface area contributed by atoms with Gasteiger partial charge in [0.15, 0.2) is 0 Å². The van der Waals surface area contributed by atoms with Gasteiger partial charge in [0.2, 0.25) is 5.91 Å². The van der Waals surface area contributed by atoms with Crippen molar-refractivity contribution in [1.29, 1.82) is 0 Å². The predicted molar refractivity (Wildman–Crippen MR) is 41.5 cm³/mol. The average molecular weight is 142 g/mol. The van der Waals surface area contributed by atoms with Gasteiger partial charge in [0.05, 0.1) is 0 Å². The highest BCUT2D eigenvalue weighted by atomic mass is 16.1. The van der Waals surface area contributed by atoms with Gasteiger partial charge in [0.25, 0.3) is 0 Å². The monoisotopic (exact) mass is 142 g/mol. The summed E-state index contributed by atoms with van der Waals surface area (Å²) in [4.78, 5) is 10.7. The number of nitrogens with two attached hydrogens (primary N) is 1. The molecule has 0 aromatic heterocycles. The highest BCUT2D eigenvalue weighted by Gasteiger charge is 1.93. The molecule has 0 aliphatic carbocycles. The van der Waals surface area contributed by atoms with E-state index in [1.165, 1.54) is 0 Å². The lowest BCUT2D eigenvalue weighted by Gasteiger charge is -1.99. The first-order chi connectivity index (χ1) is 4.81. The third kappa shape index (κ3) is 5.31. The standard InChI is InChI=1S/C7H14N2O/c1-2-4-7(10)9-6-3-5-8/h2H,1,3-6,8H2,(H,9,10). The lowest BCUT2D eigenvalue weighted by atomic mass is 10.3. The van der Waals surface area contributed by atoms with Crippen LogP contribution in [-0.2, 0) is 4.79 Å². The summed E-state index contributed by atoms with van der Waals surface area (Å²) in [6.07, 6.45) is 2.81. The van der Waals surface area contributed by atoms with E-state index in [2.05, 4.69) is 11.9 Å². The van der Waals surface area contributed by atoms with E-state index in [1.54, 1.807) is 6.08 Å². The molecule has 0 saturated carbocycles. The summed E-state index contributed by atoms with van der Waals surface area (Å²) in [5.74, 6) is 0.0171. The Morgan fingerprint density at radius 2 is 2.40 bits per heavy atom. The summed E-state index contributed by atoms with van der Waals surface area (Å²) < 4.78 is 0. The van der Waals surface area contributed by atoms with Crippen molar-refractivity contribution >= 4 is 5.91 Å². The molecule has 3 heteroatoms. The molecule has 0 rings (SSSR count). The first-order valence-corrected chi connectivity index (χ1v) is 3.39. The fourth-order valence-electron chi connectivity index (χ4n) is 0.533. The zero-order valence-corrected chi connectivity index (χ0v) is 6.10. The Morgan fingerprint density at radius 1 is 1.70 bits per heavy atom. The van der Waals surface area contributed by atoms with Crippen LogP contribution in [0.1, 0.15) is 12.8 Å². The number of carbonyl (C=O) groups excluding carboxylic acids is 1. The van der Waals surface area contributed by atoms with Gasteiger partial charge in [0, 0.05) is 13.0 Å². The topological polar surface area (TPSA) is 55.1 Å². The largest absolute Gasteiger partial charge is 0.356 e. The van der Waals surface area contributed by atoms with Crippen LogP contribution < -0.4 is 11.1 Å². The van der Waals surface area contributed by atoms with Crippen LogP contribution in [0.2, 0.25) is 0 Å². The molecule has 3 nitrogen and oxygen atoms in total. The van der Waals surface area contributed by atoms with Crippen LogP contribution in [0.3, 0.4) is 0 Å². The van der Waals surface area contributed by atoms with E-state index in [1.807, 2.05) is 0 Å². The second kappa shape index (κ2) is 6.29. The van der Waals surface area contributed by atoms with Crippen molar-refractivity contribution in [2.45, 2.75) is 12.8 Å². The van der Waals surface area contributed by atoms with Gasteiger partial charge in [-0.1, -0.05) is 6.08 Å². The summed E-state index contributed by atoms with van der Waals surface area (Å²) in [6.45, 7) is 4.73. The molecule has 0 atom stereocenters. The van der Waals surface area contributed by atoms with Gasteiger partial charge in [-0.3, -0.25) is 4.79 Å². The molecule has 3 N–H and O–H groups in total. The van der Waals surface area contributed by atoms with Gasteiger partial charge in [-0.2, -0.15) is 0 Å². The Labute approximate surface area is 61.3 Å². The van der Waals surface area contributed by atoms with Gasteiger partial charge >= 0.3 is 0 Å². The first kappa shape index (κ1) is 9.17. The number of hydrogen-bond acceptors (Lipinski definition) is 2. The molecule has 0 saturated heterocycles. The number of nitrogens with one attached hydrogen (secondary N) is 1. The third-order valence-electron chi connectivity index (χ3n) is 1.03. The maximum atomic E-state index is 10.7. The Hall–Kier alpha value is -0.830. The molecule has 0 heterocycles. The van der Waals surface area contributed by atoms with Gasteiger partial charge < -0.3 is 11.1 Å².